The van der Waals surface area contributed by atoms with Crippen molar-refractivity contribution in [2.75, 3.05) is 0 Å². The maximum Gasteiger partial charge on any atom is 0.326 e. The average molecular weight is 287 g/mol. The lowest BCUT2D eigenvalue weighted by molar-refractivity contribution is -0.145. The Labute approximate surface area is 112 Å². The van der Waals surface area contributed by atoms with Crippen LogP contribution in [-0.4, -0.2) is 43.7 Å². The van der Waals surface area contributed by atoms with Gasteiger partial charge in [-0.1, -0.05) is 18.3 Å². The van der Waals surface area contributed by atoms with E-state index in [1.807, 2.05) is 13.8 Å². The maximum absolute atomic E-state index is 11.9. The molecule has 0 aliphatic rings. The van der Waals surface area contributed by atoms with Crippen molar-refractivity contribution in [3.8, 4) is 0 Å². The molecule has 9 heteroatoms. The number of carbonyl (C=O) groups is 3. The average Bonchev–Trinajstić information content (AvgIpc) is 2.76. The summed E-state index contributed by atoms with van der Waals surface area (Å²) in [6.07, 6.45) is -0.690. The van der Waals surface area contributed by atoms with E-state index < -0.39 is 30.3 Å². The monoisotopic (exact) mass is 287 g/mol. The highest BCUT2D eigenvalue weighted by Crippen LogP contribution is 2.19. The highest BCUT2D eigenvalue weighted by molar-refractivity contribution is 7.08. The largest absolute Gasteiger partial charge is 0.481 e. The molecule has 1 aromatic rings. The second-order valence-corrected chi connectivity index (χ2v) is 4.86. The molecule has 0 aliphatic carbocycles. The minimum atomic E-state index is -1.48. The quantitative estimate of drug-likeness (QED) is 0.686. The van der Waals surface area contributed by atoms with E-state index in [1.165, 1.54) is 0 Å². The number of nitrogens with zero attached hydrogens (tertiary/aromatic N) is 2. The molecule has 0 saturated heterocycles. The van der Waals surface area contributed by atoms with E-state index in [9.17, 15) is 14.4 Å². The van der Waals surface area contributed by atoms with Crippen LogP contribution in [0, 0.1) is 0 Å². The molecule has 0 fully saturated rings. The van der Waals surface area contributed by atoms with Crippen LogP contribution in [0.5, 0.6) is 0 Å². The summed E-state index contributed by atoms with van der Waals surface area (Å²) in [6, 6.07) is -1.48. The number of aliphatic carboxylic acids is 2. The van der Waals surface area contributed by atoms with Gasteiger partial charge in [-0.15, -0.1) is 5.10 Å². The Balaban J connectivity index is 2.85. The molecule has 104 valence electrons. The van der Waals surface area contributed by atoms with Gasteiger partial charge in [0.2, 0.25) is 0 Å². The summed E-state index contributed by atoms with van der Waals surface area (Å²) in [5, 5.41) is 23.4. The molecule has 1 aromatic heterocycles. The van der Waals surface area contributed by atoms with Gasteiger partial charge in [-0.3, -0.25) is 9.59 Å². The molecular formula is C10H13N3O5S. The fourth-order valence-electron chi connectivity index (χ4n) is 1.33. The normalized spacial score (nSPS) is 12.2. The maximum atomic E-state index is 11.9. The third-order valence-electron chi connectivity index (χ3n) is 2.25. The van der Waals surface area contributed by atoms with E-state index in [4.69, 9.17) is 10.2 Å². The van der Waals surface area contributed by atoms with Crippen LogP contribution in [-0.2, 0) is 9.59 Å². The Morgan fingerprint density at radius 3 is 2.42 bits per heavy atom. The topological polar surface area (TPSA) is 129 Å². The molecule has 0 aliphatic heterocycles. The number of carbonyl (C=O) groups excluding carboxylic acids is 1. The van der Waals surface area contributed by atoms with Crippen LogP contribution in [0.4, 0.5) is 0 Å². The van der Waals surface area contributed by atoms with Crippen molar-refractivity contribution in [1.82, 2.24) is 14.9 Å². The summed E-state index contributed by atoms with van der Waals surface area (Å²) < 4.78 is 3.64. The number of amides is 1. The molecule has 8 nitrogen and oxygen atoms in total. The summed E-state index contributed by atoms with van der Waals surface area (Å²) in [7, 11) is 0. The van der Waals surface area contributed by atoms with Crippen LogP contribution in [0.15, 0.2) is 0 Å². The number of carboxylic acid groups (broad SMARTS) is 2. The first-order chi connectivity index (χ1) is 8.82. The number of nitrogens with one attached hydrogen (secondary N) is 1. The summed E-state index contributed by atoms with van der Waals surface area (Å²) >= 11 is 0.845. The second kappa shape index (κ2) is 6.23. The second-order valence-electron chi connectivity index (χ2n) is 4.10. The van der Waals surface area contributed by atoms with Crippen molar-refractivity contribution in [2.24, 2.45) is 0 Å². The first-order valence-electron chi connectivity index (χ1n) is 5.40. The minimum Gasteiger partial charge on any atom is -0.481 e. The Bertz CT molecular complexity index is 499. The number of hydrogen-bond donors (Lipinski definition) is 3. The molecule has 1 rings (SSSR count). The molecule has 3 N–H and O–H groups in total. The Morgan fingerprint density at radius 2 is 1.95 bits per heavy atom. The molecule has 19 heavy (non-hydrogen) atoms. The Morgan fingerprint density at radius 1 is 1.32 bits per heavy atom. The van der Waals surface area contributed by atoms with Gasteiger partial charge in [0.1, 0.15) is 10.9 Å². The lowest BCUT2D eigenvalue weighted by Gasteiger charge is -2.12. The lowest BCUT2D eigenvalue weighted by atomic mass is 10.1. The third kappa shape index (κ3) is 3.98. The molecule has 0 bridgehead atoms. The van der Waals surface area contributed by atoms with Crippen molar-refractivity contribution < 1.29 is 24.6 Å². The van der Waals surface area contributed by atoms with Crippen molar-refractivity contribution in [3.63, 3.8) is 0 Å². The van der Waals surface area contributed by atoms with Gasteiger partial charge in [-0.25, -0.2) is 4.79 Å². The molecule has 1 unspecified atom stereocenters. The summed E-state index contributed by atoms with van der Waals surface area (Å²) in [5.41, 5.74) is 0.460. The van der Waals surface area contributed by atoms with E-state index in [0.29, 0.717) is 5.69 Å². The van der Waals surface area contributed by atoms with Crippen LogP contribution >= 0.6 is 11.5 Å². The fraction of sp³-hybridized carbons (Fsp3) is 0.500. The van der Waals surface area contributed by atoms with Crippen LogP contribution in [0.1, 0.15) is 41.6 Å². The highest BCUT2D eigenvalue weighted by Gasteiger charge is 2.26. The van der Waals surface area contributed by atoms with Gasteiger partial charge in [0, 0.05) is 0 Å². The summed E-state index contributed by atoms with van der Waals surface area (Å²) in [4.78, 5) is 33.5. The number of hydrogen-bond acceptors (Lipinski definition) is 6. The zero-order chi connectivity index (χ0) is 14.6. The molecular weight excluding hydrogens is 274 g/mol. The van der Waals surface area contributed by atoms with Crippen LogP contribution in [0.3, 0.4) is 0 Å². The summed E-state index contributed by atoms with van der Waals surface area (Å²) in [6.45, 7) is 3.64. The molecule has 1 heterocycles. The van der Waals surface area contributed by atoms with Gasteiger partial charge in [0.15, 0.2) is 0 Å². The van der Waals surface area contributed by atoms with E-state index in [0.717, 1.165) is 11.5 Å². The van der Waals surface area contributed by atoms with Crippen LogP contribution in [0.2, 0.25) is 0 Å². The predicted molar refractivity (Wildman–Crippen MR) is 65.1 cm³/mol. The lowest BCUT2D eigenvalue weighted by Crippen LogP contribution is -2.42. The number of rotatable bonds is 6. The highest BCUT2D eigenvalue weighted by atomic mass is 32.1. The van der Waals surface area contributed by atoms with Crippen LogP contribution < -0.4 is 5.32 Å². The third-order valence-corrected chi connectivity index (χ3v) is 2.99. The van der Waals surface area contributed by atoms with Gasteiger partial charge in [-0.2, -0.15) is 0 Å². The first-order valence-corrected chi connectivity index (χ1v) is 6.18. The number of carboxylic acids is 2. The smallest absolute Gasteiger partial charge is 0.326 e. The zero-order valence-corrected chi connectivity index (χ0v) is 11.1. The standard InChI is InChI=1S/C10H13N3O5S/c1-4(2)7-8(19-13-12-7)9(16)11-5(10(17)18)3-6(14)15/h4-5H,3H2,1-2H3,(H,11,16)(H,14,15)(H,17,18). The van der Waals surface area contributed by atoms with E-state index in [2.05, 4.69) is 14.9 Å². The Hall–Kier alpha value is -2.03. The fourth-order valence-corrected chi connectivity index (χ4v) is 2.05. The van der Waals surface area contributed by atoms with Gasteiger partial charge >= 0.3 is 11.9 Å². The van der Waals surface area contributed by atoms with E-state index >= 15 is 0 Å². The molecule has 0 aromatic carbocycles. The Kier molecular flexibility index (Phi) is 4.93. The van der Waals surface area contributed by atoms with Gasteiger partial charge in [0.05, 0.1) is 12.1 Å². The van der Waals surface area contributed by atoms with E-state index in [1.54, 1.807) is 0 Å². The first kappa shape index (κ1) is 15.0. The van der Waals surface area contributed by atoms with E-state index in [-0.39, 0.29) is 10.8 Å². The van der Waals surface area contributed by atoms with Gasteiger partial charge < -0.3 is 15.5 Å². The molecule has 0 spiro atoms. The molecule has 1 amide bonds. The van der Waals surface area contributed by atoms with Gasteiger partial charge in [0.25, 0.3) is 5.91 Å². The van der Waals surface area contributed by atoms with Crippen molar-refractivity contribution in [1.29, 1.82) is 0 Å². The predicted octanol–water partition coefficient (Wildman–Crippen LogP) is 0.319. The SMILES string of the molecule is CC(C)c1nnsc1C(=O)NC(CC(=O)O)C(=O)O. The van der Waals surface area contributed by atoms with Crippen LogP contribution in [0.25, 0.3) is 0 Å². The minimum absolute atomic E-state index is 0.0396. The molecule has 0 saturated carbocycles. The molecule has 0 radical (unpaired) electrons. The van der Waals surface area contributed by atoms with Crippen molar-refractivity contribution in [2.45, 2.75) is 32.2 Å². The zero-order valence-electron chi connectivity index (χ0n) is 10.3. The van der Waals surface area contributed by atoms with Gasteiger partial charge in [-0.05, 0) is 17.5 Å². The van der Waals surface area contributed by atoms with Crippen molar-refractivity contribution in [3.05, 3.63) is 10.6 Å². The number of aromatic nitrogens is 2. The summed E-state index contributed by atoms with van der Waals surface area (Å²) in [5.74, 6) is -3.42. The molecule has 1 atom stereocenters. The van der Waals surface area contributed by atoms with Crippen molar-refractivity contribution >= 4 is 29.4 Å².